The Morgan fingerprint density at radius 2 is 1.75 bits per heavy atom. The molecular weight excluding hydrogens is 397 g/mol. The van der Waals surface area contributed by atoms with E-state index in [-0.39, 0.29) is 0 Å². The van der Waals surface area contributed by atoms with Gasteiger partial charge in [-0.15, -0.1) is 15.3 Å². The Morgan fingerprint density at radius 1 is 0.964 bits per heavy atom. The van der Waals surface area contributed by atoms with Gasteiger partial charge in [0.15, 0.2) is 11.5 Å². The van der Waals surface area contributed by atoms with Crippen molar-refractivity contribution in [2.75, 3.05) is 24.6 Å². The molecule has 2 aliphatic heterocycles. The molecule has 8 heteroatoms. The monoisotopic (exact) mass is 417 g/mol. The van der Waals surface area contributed by atoms with Crippen molar-refractivity contribution < 1.29 is 4.74 Å². The molecule has 0 spiro atoms. The third-order valence-electron chi connectivity index (χ3n) is 5.72. The quantitative estimate of drug-likeness (QED) is 0.627. The number of fused-ring (bicyclic) bond motifs is 1. The van der Waals surface area contributed by atoms with Gasteiger partial charge in [-0.2, -0.15) is 4.52 Å². The summed E-state index contributed by atoms with van der Waals surface area (Å²) >= 11 is 12.3. The molecule has 2 saturated heterocycles. The molecule has 6 nitrogen and oxygen atoms in total. The molecule has 0 radical (unpaired) electrons. The van der Waals surface area contributed by atoms with Crippen LogP contribution in [0.1, 0.15) is 25.7 Å². The van der Waals surface area contributed by atoms with E-state index in [4.69, 9.17) is 33.0 Å². The van der Waals surface area contributed by atoms with Crippen LogP contribution in [-0.2, 0) is 4.74 Å². The van der Waals surface area contributed by atoms with Crippen LogP contribution in [0, 0.1) is 5.92 Å². The lowest BCUT2D eigenvalue weighted by Gasteiger charge is -2.35. The van der Waals surface area contributed by atoms with Crippen molar-refractivity contribution in [2.45, 2.75) is 31.8 Å². The van der Waals surface area contributed by atoms with Gasteiger partial charge in [0.2, 0.25) is 0 Å². The van der Waals surface area contributed by atoms with Crippen molar-refractivity contribution in [3.05, 3.63) is 40.4 Å². The molecular formula is C20H21Cl2N5O. The second-order valence-electron chi connectivity index (χ2n) is 7.52. The maximum Gasteiger partial charge on any atom is 0.185 e. The minimum absolute atomic E-state index is 0.453. The van der Waals surface area contributed by atoms with E-state index in [1.54, 1.807) is 10.6 Å². The summed E-state index contributed by atoms with van der Waals surface area (Å²) in [6, 6.07) is 9.33. The summed E-state index contributed by atoms with van der Waals surface area (Å²) in [5, 5.41) is 14.5. The first-order valence-electron chi connectivity index (χ1n) is 9.73. The second kappa shape index (κ2) is 7.50. The lowest BCUT2D eigenvalue weighted by atomic mass is 9.90. The average Bonchev–Trinajstić information content (AvgIpc) is 3.37. The largest absolute Gasteiger partial charge is 0.378 e. The van der Waals surface area contributed by atoms with Gasteiger partial charge in [-0.25, -0.2) is 0 Å². The van der Waals surface area contributed by atoms with Gasteiger partial charge in [-0.3, -0.25) is 0 Å². The highest BCUT2D eigenvalue weighted by molar-refractivity contribution is 6.35. The molecule has 2 aliphatic rings. The molecule has 0 amide bonds. The van der Waals surface area contributed by atoms with Crippen molar-refractivity contribution in [1.82, 2.24) is 19.8 Å². The second-order valence-corrected chi connectivity index (χ2v) is 8.39. The molecule has 0 N–H and O–H groups in total. The summed E-state index contributed by atoms with van der Waals surface area (Å²) in [7, 11) is 0. The number of aromatic nitrogens is 4. The van der Waals surface area contributed by atoms with E-state index < -0.39 is 0 Å². The Labute approximate surface area is 173 Å². The summed E-state index contributed by atoms with van der Waals surface area (Å²) < 4.78 is 7.66. The van der Waals surface area contributed by atoms with Gasteiger partial charge in [0.05, 0.1) is 6.10 Å². The van der Waals surface area contributed by atoms with Crippen LogP contribution >= 0.6 is 23.2 Å². The number of halogens is 2. The summed E-state index contributed by atoms with van der Waals surface area (Å²) in [5.74, 6) is 2.24. The van der Waals surface area contributed by atoms with Gasteiger partial charge in [0.1, 0.15) is 5.82 Å². The molecule has 0 aliphatic carbocycles. The average molecular weight is 418 g/mol. The molecule has 3 aromatic rings. The third-order valence-corrected chi connectivity index (χ3v) is 6.16. The zero-order valence-corrected chi connectivity index (χ0v) is 16.9. The first-order chi connectivity index (χ1) is 13.7. The molecule has 146 valence electrons. The normalized spacial score (nSPS) is 20.9. The van der Waals surface area contributed by atoms with Crippen LogP contribution in [0.5, 0.6) is 0 Å². The molecule has 1 aromatic carbocycles. The lowest BCUT2D eigenvalue weighted by Crippen LogP contribution is -2.38. The summed E-state index contributed by atoms with van der Waals surface area (Å²) in [6.07, 6.45) is 5.15. The molecule has 1 unspecified atom stereocenters. The van der Waals surface area contributed by atoms with Gasteiger partial charge in [0.25, 0.3) is 0 Å². The number of benzene rings is 1. The molecule has 28 heavy (non-hydrogen) atoms. The van der Waals surface area contributed by atoms with Crippen molar-refractivity contribution in [3.63, 3.8) is 0 Å². The number of rotatable bonds is 3. The molecule has 1 atom stereocenters. The van der Waals surface area contributed by atoms with Crippen LogP contribution in [0.2, 0.25) is 10.0 Å². The van der Waals surface area contributed by atoms with E-state index in [1.165, 1.54) is 12.8 Å². The van der Waals surface area contributed by atoms with E-state index in [1.807, 2.05) is 24.3 Å². The van der Waals surface area contributed by atoms with Gasteiger partial charge in [-0.05, 0) is 61.9 Å². The number of hydrogen-bond donors (Lipinski definition) is 0. The minimum atomic E-state index is 0.453. The van der Waals surface area contributed by atoms with Crippen LogP contribution in [0.25, 0.3) is 17.0 Å². The fourth-order valence-corrected chi connectivity index (χ4v) is 4.81. The Hall–Kier alpha value is -1.89. The maximum absolute atomic E-state index is 6.16. The predicted octanol–water partition coefficient (Wildman–Crippen LogP) is 4.49. The van der Waals surface area contributed by atoms with Gasteiger partial charge < -0.3 is 9.64 Å². The highest BCUT2D eigenvalue weighted by Gasteiger charge is 2.30. The van der Waals surface area contributed by atoms with Crippen molar-refractivity contribution in [1.29, 1.82) is 0 Å². The molecule has 2 fully saturated rings. The Bertz CT molecular complexity index is 973. The number of anilines is 1. The smallest absolute Gasteiger partial charge is 0.185 e. The van der Waals surface area contributed by atoms with Gasteiger partial charge in [-0.1, -0.05) is 23.2 Å². The fraction of sp³-hybridized carbons (Fsp3) is 0.450. The van der Waals surface area contributed by atoms with Crippen LogP contribution in [-0.4, -0.2) is 45.6 Å². The zero-order chi connectivity index (χ0) is 19.1. The van der Waals surface area contributed by atoms with E-state index in [2.05, 4.69) is 15.1 Å². The summed E-state index contributed by atoms with van der Waals surface area (Å²) in [4.78, 5) is 2.33. The number of piperidine rings is 1. The standard InChI is InChI=1S/C20H21Cl2N5O/c21-15-10-14(11-16(22)12-15)20-24-23-18-3-4-19(25-27(18)20)26-7-5-13(6-8-26)17-2-1-9-28-17/h3-4,10-13,17H,1-2,5-9H2. The first-order valence-corrected chi connectivity index (χ1v) is 10.5. The summed E-state index contributed by atoms with van der Waals surface area (Å²) in [5.41, 5.74) is 1.50. The molecule has 0 saturated carbocycles. The van der Waals surface area contributed by atoms with Crippen LogP contribution in [0.3, 0.4) is 0 Å². The van der Waals surface area contributed by atoms with Crippen molar-refractivity contribution >= 4 is 34.7 Å². The fourth-order valence-electron chi connectivity index (χ4n) is 4.29. The highest BCUT2D eigenvalue weighted by atomic mass is 35.5. The maximum atomic E-state index is 6.16. The Morgan fingerprint density at radius 3 is 2.46 bits per heavy atom. The van der Waals surface area contributed by atoms with E-state index in [0.29, 0.717) is 33.5 Å². The Kier molecular flexibility index (Phi) is 4.87. The number of nitrogens with zero attached hydrogens (tertiary/aromatic N) is 5. The topological polar surface area (TPSA) is 55.5 Å². The molecule has 5 rings (SSSR count). The lowest BCUT2D eigenvalue weighted by molar-refractivity contribution is 0.0531. The van der Waals surface area contributed by atoms with E-state index >= 15 is 0 Å². The van der Waals surface area contributed by atoms with Gasteiger partial charge in [0, 0.05) is 35.3 Å². The highest BCUT2D eigenvalue weighted by Crippen LogP contribution is 2.31. The van der Waals surface area contributed by atoms with E-state index in [9.17, 15) is 0 Å². The SMILES string of the molecule is Clc1cc(Cl)cc(-c2nnc3ccc(N4CCC(C5CCCO5)CC4)nn23)c1. The predicted molar refractivity (Wildman–Crippen MR) is 110 cm³/mol. The van der Waals surface area contributed by atoms with Crippen molar-refractivity contribution in [2.24, 2.45) is 5.92 Å². The first kappa shape index (κ1) is 18.2. The van der Waals surface area contributed by atoms with Crippen molar-refractivity contribution in [3.8, 4) is 11.4 Å². The van der Waals surface area contributed by atoms with Gasteiger partial charge >= 0.3 is 0 Å². The third kappa shape index (κ3) is 3.45. The molecule has 4 heterocycles. The minimum Gasteiger partial charge on any atom is -0.378 e. The number of ether oxygens (including phenoxy) is 1. The zero-order valence-electron chi connectivity index (χ0n) is 15.4. The molecule has 0 bridgehead atoms. The van der Waals surface area contributed by atoms with Crippen LogP contribution < -0.4 is 4.90 Å². The number of hydrogen-bond acceptors (Lipinski definition) is 5. The van der Waals surface area contributed by atoms with Crippen LogP contribution in [0.4, 0.5) is 5.82 Å². The van der Waals surface area contributed by atoms with Crippen LogP contribution in [0.15, 0.2) is 30.3 Å². The summed E-state index contributed by atoms with van der Waals surface area (Å²) in [6.45, 7) is 2.90. The molecule has 2 aromatic heterocycles. The van der Waals surface area contributed by atoms with E-state index in [0.717, 1.165) is 43.9 Å². The Balaban J connectivity index is 1.40.